The summed E-state index contributed by atoms with van der Waals surface area (Å²) < 4.78 is 27.8. The van der Waals surface area contributed by atoms with Crippen molar-refractivity contribution in [3.63, 3.8) is 0 Å². The van der Waals surface area contributed by atoms with Gasteiger partial charge in [0.1, 0.15) is 60.0 Å². The molecule has 2 aromatic carbocycles. The van der Waals surface area contributed by atoms with Crippen molar-refractivity contribution in [3.8, 4) is 17.2 Å². The number of hydrogen-bond acceptors (Lipinski definition) is 13. The van der Waals surface area contributed by atoms with E-state index in [-0.39, 0.29) is 28.2 Å². The molecule has 0 radical (unpaired) electrons. The van der Waals surface area contributed by atoms with Crippen molar-refractivity contribution in [1.29, 1.82) is 0 Å². The fourth-order valence-electron chi connectivity index (χ4n) is 4.87. The first kappa shape index (κ1) is 29.4. The van der Waals surface area contributed by atoms with Gasteiger partial charge in [0, 0.05) is 6.07 Å². The van der Waals surface area contributed by atoms with E-state index in [0.29, 0.717) is 16.7 Å². The number of hydrogen-bond donors (Lipinski definition) is 7. The third-order valence-electron chi connectivity index (χ3n) is 7.08. The Balaban J connectivity index is 1.60. The van der Waals surface area contributed by atoms with Crippen LogP contribution in [0.5, 0.6) is 17.2 Å². The summed E-state index contributed by atoms with van der Waals surface area (Å²) >= 11 is 0. The Bertz CT molecular complexity index is 1200. The van der Waals surface area contributed by atoms with E-state index in [1.54, 1.807) is 19.1 Å². The third kappa shape index (κ3) is 5.55. The standard InChI is InChI=1S/C26H34O13/c1-9-5-12-6-13(35-4)7-14(17(12)20(30)16(9)10(2)27)38-26-24(34)22(32)19(29)15(39-26)8-36-25-23(33)21(31)18(28)11(3)37-25/h5-7,11,15,18-19,21-26,28-34H,8H2,1-4H3/t11-,15+,18-,19+,21+,22-,23+,24+,25+,26+/m0/s1. The molecule has 13 heteroatoms. The minimum atomic E-state index is -1.75. The van der Waals surface area contributed by atoms with Crippen LogP contribution in [0, 0.1) is 6.92 Å². The first-order valence-electron chi connectivity index (χ1n) is 12.4. The lowest BCUT2D eigenvalue weighted by molar-refractivity contribution is -0.318. The fourth-order valence-corrected chi connectivity index (χ4v) is 4.87. The molecule has 2 aliphatic rings. The summed E-state index contributed by atoms with van der Waals surface area (Å²) in [5, 5.41) is 73.2. The number of fused-ring (bicyclic) bond motifs is 1. The molecule has 0 aliphatic carbocycles. The monoisotopic (exact) mass is 554 g/mol. The largest absolute Gasteiger partial charge is 0.506 e. The maximum atomic E-state index is 12.2. The summed E-state index contributed by atoms with van der Waals surface area (Å²) in [6.07, 6.45) is -14.8. The average molecular weight is 555 g/mol. The molecule has 0 amide bonds. The summed E-state index contributed by atoms with van der Waals surface area (Å²) in [7, 11) is 1.42. The van der Waals surface area contributed by atoms with Gasteiger partial charge in [-0.1, -0.05) is 6.07 Å². The van der Waals surface area contributed by atoms with Crippen LogP contribution >= 0.6 is 0 Å². The van der Waals surface area contributed by atoms with Gasteiger partial charge in [0.05, 0.1) is 30.8 Å². The molecule has 39 heavy (non-hydrogen) atoms. The maximum Gasteiger partial charge on any atom is 0.229 e. The number of aliphatic hydroxyl groups excluding tert-OH is 6. The zero-order chi connectivity index (χ0) is 28.8. The van der Waals surface area contributed by atoms with Crippen molar-refractivity contribution in [1.82, 2.24) is 0 Å². The van der Waals surface area contributed by atoms with Gasteiger partial charge < -0.3 is 59.4 Å². The smallest absolute Gasteiger partial charge is 0.229 e. The van der Waals surface area contributed by atoms with Gasteiger partial charge in [-0.2, -0.15) is 0 Å². The van der Waals surface area contributed by atoms with Crippen LogP contribution in [0.4, 0.5) is 0 Å². The summed E-state index contributed by atoms with van der Waals surface area (Å²) in [6.45, 7) is 3.97. The van der Waals surface area contributed by atoms with Crippen molar-refractivity contribution in [3.05, 3.63) is 29.3 Å². The molecule has 0 unspecified atom stereocenters. The molecule has 2 aromatic rings. The van der Waals surface area contributed by atoms with Crippen LogP contribution in [-0.4, -0.2) is 117 Å². The number of ether oxygens (including phenoxy) is 5. The molecule has 2 aliphatic heterocycles. The number of phenolic OH excluding ortho intramolecular Hbond substituents is 1. The summed E-state index contributed by atoms with van der Waals surface area (Å²) in [4.78, 5) is 12.2. The Hall–Kier alpha value is -2.59. The van der Waals surface area contributed by atoms with Crippen molar-refractivity contribution >= 4 is 16.6 Å². The van der Waals surface area contributed by atoms with E-state index < -0.39 is 68.0 Å². The number of ketones is 1. The van der Waals surface area contributed by atoms with Crippen molar-refractivity contribution in [2.75, 3.05) is 13.7 Å². The van der Waals surface area contributed by atoms with Crippen LogP contribution in [0.1, 0.15) is 29.8 Å². The number of carbonyl (C=O) groups is 1. The van der Waals surface area contributed by atoms with Gasteiger partial charge >= 0.3 is 0 Å². The van der Waals surface area contributed by atoms with E-state index >= 15 is 0 Å². The van der Waals surface area contributed by atoms with E-state index in [0.717, 1.165) is 0 Å². The molecule has 0 saturated carbocycles. The molecule has 0 aromatic heterocycles. The molecule has 13 nitrogen and oxygen atoms in total. The lowest BCUT2D eigenvalue weighted by Crippen LogP contribution is -2.61. The Kier molecular flexibility index (Phi) is 8.66. The summed E-state index contributed by atoms with van der Waals surface area (Å²) in [6, 6.07) is 4.69. The molecule has 7 N–H and O–H groups in total. The Morgan fingerprint density at radius 3 is 2.18 bits per heavy atom. The highest BCUT2D eigenvalue weighted by Gasteiger charge is 2.47. The third-order valence-corrected chi connectivity index (χ3v) is 7.08. The van der Waals surface area contributed by atoms with Crippen LogP contribution < -0.4 is 9.47 Å². The Morgan fingerprint density at radius 2 is 1.54 bits per heavy atom. The second kappa shape index (κ2) is 11.5. The highest BCUT2D eigenvalue weighted by Crippen LogP contribution is 2.42. The van der Waals surface area contributed by atoms with Gasteiger partial charge in [-0.05, 0) is 37.8 Å². The predicted octanol–water partition coefficient (Wildman–Crippen LogP) is -0.904. The molecule has 4 rings (SSSR count). The van der Waals surface area contributed by atoms with Gasteiger partial charge in [0.15, 0.2) is 12.1 Å². The SMILES string of the molecule is COc1cc(O[C@@H]2O[C@H](CO[C@@H]3O[C@@H](C)[C@H](O)[C@@H](O)[C@H]3O)[C@@H](O)[C@H](O)[C@H]2O)c2c(O)c(C(C)=O)c(C)cc2c1. The normalized spacial score (nSPS) is 35.1. The number of aryl methyl sites for hydroxylation is 1. The maximum absolute atomic E-state index is 12.2. The summed E-state index contributed by atoms with van der Waals surface area (Å²) in [5.41, 5.74) is 0.604. The number of benzene rings is 2. The highest BCUT2D eigenvalue weighted by atomic mass is 16.7. The van der Waals surface area contributed by atoms with Crippen LogP contribution in [0.3, 0.4) is 0 Å². The topological polar surface area (TPSA) is 205 Å². The van der Waals surface area contributed by atoms with Crippen molar-refractivity contribution in [2.45, 2.75) is 82.2 Å². The van der Waals surface area contributed by atoms with E-state index in [1.165, 1.54) is 27.0 Å². The lowest BCUT2D eigenvalue weighted by atomic mass is 9.96. The minimum Gasteiger partial charge on any atom is -0.506 e. The lowest BCUT2D eigenvalue weighted by Gasteiger charge is -2.42. The Labute approximate surface area is 223 Å². The molecule has 2 heterocycles. The second-order valence-corrected chi connectivity index (χ2v) is 9.84. The van der Waals surface area contributed by atoms with Crippen LogP contribution in [0.2, 0.25) is 0 Å². The molecular formula is C26H34O13. The quantitative estimate of drug-likeness (QED) is 0.207. The minimum absolute atomic E-state index is 0.0337. The van der Waals surface area contributed by atoms with Gasteiger partial charge in [-0.25, -0.2) is 0 Å². The summed E-state index contributed by atoms with van der Waals surface area (Å²) in [5.74, 6) is -0.429. The molecule has 216 valence electrons. The van der Waals surface area contributed by atoms with Gasteiger partial charge in [-0.15, -0.1) is 0 Å². The van der Waals surface area contributed by atoms with E-state index in [9.17, 15) is 40.5 Å². The number of methoxy groups -OCH3 is 1. The number of Topliss-reactive ketones (excluding diaryl/α,β-unsaturated/α-hetero) is 1. The first-order chi connectivity index (χ1) is 18.3. The molecule has 0 bridgehead atoms. The van der Waals surface area contributed by atoms with Gasteiger partial charge in [-0.3, -0.25) is 4.79 Å². The average Bonchev–Trinajstić information content (AvgIpc) is 2.88. The van der Waals surface area contributed by atoms with Gasteiger partial charge in [0.2, 0.25) is 6.29 Å². The Morgan fingerprint density at radius 1 is 0.897 bits per heavy atom. The van der Waals surface area contributed by atoms with E-state index in [1.807, 2.05) is 0 Å². The van der Waals surface area contributed by atoms with Crippen LogP contribution in [-0.2, 0) is 14.2 Å². The zero-order valence-corrected chi connectivity index (χ0v) is 21.8. The van der Waals surface area contributed by atoms with Crippen molar-refractivity contribution < 1.29 is 64.2 Å². The molecule has 0 spiro atoms. The fraction of sp³-hybridized carbons (Fsp3) is 0.577. The van der Waals surface area contributed by atoms with Crippen molar-refractivity contribution in [2.24, 2.45) is 0 Å². The number of rotatable bonds is 7. The zero-order valence-electron chi connectivity index (χ0n) is 21.8. The number of aliphatic hydroxyl groups is 6. The molecule has 2 saturated heterocycles. The van der Waals surface area contributed by atoms with Gasteiger partial charge in [0.25, 0.3) is 0 Å². The second-order valence-electron chi connectivity index (χ2n) is 9.84. The predicted molar refractivity (Wildman–Crippen MR) is 133 cm³/mol. The molecule has 10 atom stereocenters. The van der Waals surface area contributed by atoms with E-state index in [2.05, 4.69) is 0 Å². The molecule has 2 fully saturated rings. The number of phenols is 1. The molecular weight excluding hydrogens is 520 g/mol. The number of carbonyl (C=O) groups excluding carboxylic acids is 1. The first-order valence-corrected chi connectivity index (χ1v) is 12.4. The number of aromatic hydroxyl groups is 1. The van der Waals surface area contributed by atoms with Crippen LogP contribution in [0.15, 0.2) is 18.2 Å². The van der Waals surface area contributed by atoms with E-state index in [4.69, 9.17) is 23.7 Å². The highest BCUT2D eigenvalue weighted by molar-refractivity contribution is 6.07. The van der Waals surface area contributed by atoms with Crippen LogP contribution in [0.25, 0.3) is 10.8 Å².